The van der Waals surface area contributed by atoms with Crippen LogP contribution in [0.15, 0.2) is 72.8 Å². The van der Waals surface area contributed by atoms with Crippen LogP contribution in [0.3, 0.4) is 0 Å². The quantitative estimate of drug-likeness (QED) is 0.419. The van der Waals surface area contributed by atoms with Gasteiger partial charge in [-0.15, -0.1) is 0 Å². The van der Waals surface area contributed by atoms with Gasteiger partial charge in [-0.05, 0) is 66.3 Å². The average molecular weight is 468 g/mol. The normalized spacial score (nSPS) is 16.7. The van der Waals surface area contributed by atoms with Crippen molar-refractivity contribution in [2.45, 2.75) is 36.9 Å². The van der Waals surface area contributed by atoms with Crippen LogP contribution in [0.4, 0.5) is 5.69 Å². The zero-order valence-corrected chi connectivity index (χ0v) is 19.3. The van der Waals surface area contributed by atoms with Crippen molar-refractivity contribution in [1.82, 2.24) is 0 Å². The third kappa shape index (κ3) is 4.64. The number of rotatable bonds is 6. The van der Waals surface area contributed by atoms with Crippen molar-refractivity contribution in [3.63, 3.8) is 0 Å². The number of nitrogens with one attached hydrogen (secondary N) is 1. The van der Waals surface area contributed by atoms with Gasteiger partial charge < -0.3 is 19.9 Å². The van der Waals surface area contributed by atoms with Gasteiger partial charge in [0, 0.05) is 23.2 Å². The lowest BCUT2D eigenvalue weighted by atomic mass is 9.82. The fourth-order valence-corrected chi connectivity index (χ4v) is 4.48. The Labute approximate surface area is 203 Å². The van der Waals surface area contributed by atoms with Crippen LogP contribution in [0.5, 0.6) is 5.75 Å². The molecule has 2 aliphatic rings. The van der Waals surface area contributed by atoms with Crippen LogP contribution >= 0.6 is 0 Å². The molecule has 1 atom stereocenters. The number of esters is 1. The van der Waals surface area contributed by atoms with Crippen molar-refractivity contribution in [1.29, 1.82) is 0 Å². The van der Waals surface area contributed by atoms with E-state index in [0.29, 0.717) is 22.4 Å². The molecule has 5 rings (SSSR count). The van der Waals surface area contributed by atoms with E-state index in [1.54, 1.807) is 25.3 Å². The van der Waals surface area contributed by atoms with Gasteiger partial charge in [0.05, 0.1) is 12.7 Å². The maximum Gasteiger partial charge on any atom is 0.338 e. The molecule has 0 saturated heterocycles. The molecule has 1 fully saturated rings. The molecule has 6 nitrogen and oxygen atoms in total. The van der Waals surface area contributed by atoms with Crippen molar-refractivity contribution < 1.29 is 24.2 Å². The summed E-state index contributed by atoms with van der Waals surface area (Å²) >= 11 is 0. The number of carbonyl (C=O) groups is 2. The van der Waals surface area contributed by atoms with E-state index >= 15 is 0 Å². The molecule has 1 amide bonds. The fraction of sp³-hybridized carbons (Fsp3) is 0.241. The first-order chi connectivity index (χ1) is 16.9. The molecule has 2 N–H and O–H groups in total. The maximum absolute atomic E-state index is 13.5. The van der Waals surface area contributed by atoms with E-state index in [9.17, 15) is 14.7 Å². The van der Waals surface area contributed by atoms with Crippen LogP contribution in [0, 0.1) is 11.8 Å². The van der Waals surface area contributed by atoms with Gasteiger partial charge in [0.2, 0.25) is 5.60 Å². The van der Waals surface area contributed by atoms with Crippen molar-refractivity contribution >= 4 is 17.6 Å². The predicted molar refractivity (Wildman–Crippen MR) is 131 cm³/mol. The molecule has 1 heterocycles. The molecule has 0 bridgehead atoms. The first-order valence-corrected chi connectivity index (χ1v) is 11.5. The number of methoxy groups -OCH3 is 1. The predicted octanol–water partition coefficient (Wildman–Crippen LogP) is 4.21. The van der Waals surface area contributed by atoms with E-state index < -0.39 is 11.5 Å². The molecular weight excluding hydrogens is 442 g/mol. The number of ether oxygens (including phenoxy) is 2. The second-order valence-corrected chi connectivity index (χ2v) is 9.07. The third-order valence-corrected chi connectivity index (χ3v) is 6.63. The van der Waals surface area contributed by atoms with E-state index in [2.05, 4.69) is 17.2 Å². The van der Waals surface area contributed by atoms with E-state index in [1.807, 2.05) is 54.6 Å². The summed E-state index contributed by atoms with van der Waals surface area (Å²) in [5.41, 5.74) is 1.05. The minimum atomic E-state index is -1.94. The standard InChI is InChI=1S/C29H25NO5/c1-34-24-9-5-8-22(17-24)28(14-15-28)19-29(33,13-12-20-6-3-2-4-7-20)27(32)30-23-10-11-25-21(16-23)18-35-26(25)31/h2-11,16-17,33H,14-15,18-19H2,1H3,(H,30,32). The number of fused-ring (bicyclic) bond motifs is 1. The topological polar surface area (TPSA) is 84.9 Å². The number of carbonyl (C=O) groups excluding carboxylic acids is 2. The highest BCUT2D eigenvalue weighted by Crippen LogP contribution is 2.54. The second kappa shape index (κ2) is 8.94. The summed E-state index contributed by atoms with van der Waals surface area (Å²) in [4.78, 5) is 25.2. The zero-order valence-electron chi connectivity index (χ0n) is 19.3. The van der Waals surface area contributed by atoms with Gasteiger partial charge in [-0.1, -0.05) is 42.2 Å². The molecule has 1 saturated carbocycles. The van der Waals surface area contributed by atoms with Crippen molar-refractivity contribution in [2.24, 2.45) is 0 Å². The number of amides is 1. The first kappa shape index (κ1) is 22.7. The average Bonchev–Trinajstić information content (AvgIpc) is 3.58. The first-order valence-electron chi connectivity index (χ1n) is 11.5. The Morgan fingerprint density at radius 1 is 1.11 bits per heavy atom. The van der Waals surface area contributed by atoms with Gasteiger partial charge in [0.15, 0.2) is 0 Å². The summed E-state index contributed by atoms with van der Waals surface area (Å²) in [6.07, 6.45) is 1.81. The van der Waals surface area contributed by atoms with Gasteiger partial charge in [0.1, 0.15) is 12.4 Å². The largest absolute Gasteiger partial charge is 0.497 e. The minimum Gasteiger partial charge on any atom is -0.497 e. The monoisotopic (exact) mass is 467 g/mol. The molecular formula is C29H25NO5. The zero-order chi connectivity index (χ0) is 24.5. The minimum absolute atomic E-state index is 0.144. The van der Waals surface area contributed by atoms with Gasteiger partial charge >= 0.3 is 5.97 Å². The maximum atomic E-state index is 13.5. The highest BCUT2D eigenvalue weighted by molar-refractivity contribution is 6.01. The lowest BCUT2D eigenvalue weighted by Gasteiger charge is -2.27. The lowest BCUT2D eigenvalue weighted by molar-refractivity contribution is -0.129. The summed E-state index contributed by atoms with van der Waals surface area (Å²) in [5.74, 6) is 5.58. The SMILES string of the molecule is COc1cccc(C2(CC(O)(C#Cc3ccccc3)C(=O)Nc3ccc4c(c3)COC4=O)CC2)c1. The molecule has 1 aliphatic heterocycles. The Kier molecular flexibility index (Phi) is 5.80. The Morgan fingerprint density at radius 3 is 2.66 bits per heavy atom. The van der Waals surface area contributed by atoms with Gasteiger partial charge in [-0.3, -0.25) is 4.79 Å². The van der Waals surface area contributed by atoms with Crippen LogP contribution in [0.2, 0.25) is 0 Å². The smallest absolute Gasteiger partial charge is 0.338 e. The summed E-state index contributed by atoms with van der Waals surface area (Å²) in [7, 11) is 1.61. The summed E-state index contributed by atoms with van der Waals surface area (Å²) < 4.78 is 10.4. The van der Waals surface area contributed by atoms with Crippen molar-refractivity contribution in [2.75, 3.05) is 12.4 Å². The number of cyclic esters (lactones) is 1. The van der Waals surface area contributed by atoms with Crippen molar-refractivity contribution in [3.8, 4) is 17.6 Å². The fourth-order valence-electron chi connectivity index (χ4n) is 4.48. The van der Waals surface area contributed by atoms with Crippen LogP contribution in [0.1, 0.15) is 46.3 Å². The summed E-state index contributed by atoms with van der Waals surface area (Å²) in [5, 5.41) is 14.5. The number of aliphatic hydroxyl groups is 1. The van der Waals surface area contributed by atoms with E-state index in [0.717, 1.165) is 24.2 Å². The molecule has 6 heteroatoms. The van der Waals surface area contributed by atoms with Gasteiger partial charge in [0.25, 0.3) is 5.91 Å². The molecule has 3 aromatic carbocycles. The third-order valence-electron chi connectivity index (χ3n) is 6.63. The molecule has 1 aliphatic carbocycles. The lowest BCUT2D eigenvalue weighted by Crippen LogP contribution is -2.44. The van der Waals surface area contributed by atoms with E-state index in [-0.39, 0.29) is 24.4 Å². The molecule has 0 aromatic heterocycles. The van der Waals surface area contributed by atoms with Gasteiger partial charge in [-0.2, -0.15) is 0 Å². The van der Waals surface area contributed by atoms with Crippen LogP contribution in [-0.2, 0) is 21.6 Å². The van der Waals surface area contributed by atoms with E-state index in [1.165, 1.54) is 0 Å². The number of anilines is 1. The van der Waals surface area contributed by atoms with Gasteiger partial charge in [-0.25, -0.2) is 4.79 Å². The number of benzene rings is 3. The molecule has 0 radical (unpaired) electrons. The molecule has 1 unspecified atom stereocenters. The highest BCUT2D eigenvalue weighted by Gasteiger charge is 2.52. The number of hydrogen-bond acceptors (Lipinski definition) is 5. The van der Waals surface area contributed by atoms with Crippen LogP contribution in [-0.4, -0.2) is 29.7 Å². The molecule has 176 valence electrons. The Hall–Kier alpha value is -4.08. The van der Waals surface area contributed by atoms with Crippen molar-refractivity contribution in [3.05, 3.63) is 95.1 Å². The second-order valence-electron chi connectivity index (χ2n) is 9.07. The molecule has 0 spiro atoms. The van der Waals surface area contributed by atoms with E-state index in [4.69, 9.17) is 9.47 Å². The Morgan fingerprint density at radius 2 is 1.91 bits per heavy atom. The van der Waals surface area contributed by atoms with Crippen LogP contribution in [0.25, 0.3) is 0 Å². The summed E-state index contributed by atoms with van der Waals surface area (Å²) in [6, 6.07) is 21.9. The Bertz CT molecular complexity index is 1350. The molecule has 3 aromatic rings. The highest BCUT2D eigenvalue weighted by atomic mass is 16.5. The molecule has 35 heavy (non-hydrogen) atoms. The Balaban J connectivity index is 1.46. The van der Waals surface area contributed by atoms with Crippen LogP contribution < -0.4 is 10.1 Å². The number of hydrogen-bond donors (Lipinski definition) is 2. The summed E-state index contributed by atoms with van der Waals surface area (Å²) in [6.45, 7) is 0.162.